The van der Waals surface area contributed by atoms with Crippen LogP contribution in [-0.4, -0.2) is 41.1 Å². The van der Waals surface area contributed by atoms with Crippen LogP contribution in [0.1, 0.15) is 30.5 Å². The highest BCUT2D eigenvalue weighted by molar-refractivity contribution is 7.94. The first-order valence-electron chi connectivity index (χ1n) is 10.6. The molecule has 0 radical (unpaired) electrons. The number of hydrogen-bond donors (Lipinski definition) is 2. The first kappa shape index (κ1) is 18.1. The summed E-state index contributed by atoms with van der Waals surface area (Å²) < 4.78 is 16.0. The van der Waals surface area contributed by atoms with Gasteiger partial charge >= 0.3 is 0 Å². The lowest BCUT2D eigenvalue weighted by atomic mass is 10.0. The van der Waals surface area contributed by atoms with Crippen molar-refractivity contribution in [3.05, 3.63) is 41.9 Å². The van der Waals surface area contributed by atoms with Crippen molar-refractivity contribution in [3.8, 4) is 11.3 Å². The largest absolute Gasteiger partial charge is 0.611 e. The number of nitrogens with one attached hydrogen (secondary N) is 2. The number of nitrogens with zero attached hydrogens (tertiary/aromatic N) is 4. The van der Waals surface area contributed by atoms with Crippen molar-refractivity contribution in [2.24, 2.45) is 0 Å². The Labute approximate surface area is 185 Å². The molecule has 0 bridgehead atoms. The van der Waals surface area contributed by atoms with Crippen molar-refractivity contribution in [1.82, 2.24) is 30.1 Å². The van der Waals surface area contributed by atoms with Gasteiger partial charge in [0, 0.05) is 53.5 Å². The van der Waals surface area contributed by atoms with Crippen LogP contribution in [0.5, 0.6) is 0 Å². The summed E-state index contributed by atoms with van der Waals surface area (Å²) in [5.41, 5.74) is 6.22. The van der Waals surface area contributed by atoms with Gasteiger partial charge in [-0.1, -0.05) is 11.3 Å². The van der Waals surface area contributed by atoms with Gasteiger partial charge in [-0.3, -0.25) is 10.1 Å². The minimum Gasteiger partial charge on any atom is -0.611 e. The van der Waals surface area contributed by atoms with E-state index in [4.69, 9.17) is 9.97 Å². The molecule has 1 unspecified atom stereocenters. The summed E-state index contributed by atoms with van der Waals surface area (Å²) in [6.45, 7) is 1.82. The fraction of sp³-hybridized carbons (Fsp3) is 0.318. The van der Waals surface area contributed by atoms with Crippen LogP contribution in [0.4, 0.5) is 0 Å². The summed E-state index contributed by atoms with van der Waals surface area (Å²) in [4.78, 5) is 10.7. The molecule has 0 aromatic carbocycles. The predicted molar refractivity (Wildman–Crippen MR) is 123 cm³/mol. The van der Waals surface area contributed by atoms with E-state index in [0.29, 0.717) is 0 Å². The number of thiophene rings is 1. The molecule has 9 heteroatoms. The maximum Gasteiger partial charge on any atom is 0.234 e. The normalized spacial score (nSPS) is 18.0. The lowest BCUT2D eigenvalue weighted by Gasteiger charge is -2.26. The maximum atomic E-state index is 13.3. The average molecular weight is 449 g/mol. The Morgan fingerprint density at radius 2 is 2.19 bits per heavy atom. The van der Waals surface area contributed by atoms with Crippen LogP contribution in [-0.2, 0) is 24.1 Å². The molecule has 5 aromatic heterocycles. The summed E-state index contributed by atoms with van der Waals surface area (Å²) >= 11 is 0.529. The third kappa shape index (κ3) is 2.70. The lowest BCUT2D eigenvalue weighted by Crippen LogP contribution is -2.28. The Bertz CT molecular complexity index is 1460. The van der Waals surface area contributed by atoms with Crippen LogP contribution in [0.25, 0.3) is 37.9 Å². The summed E-state index contributed by atoms with van der Waals surface area (Å²) in [6.07, 6.45) is 7.93. The lowest BCUT2D eigenvalue weighted by molar-refractivity contribution is 0.478. The van der Waals surface area contributed by atoms with Crippen LogP contribution in [0.15, 0.2) is 34.8 Å². The highest BCUT2D eigenvalue weighted by Crippen LogP contribution is 2.43. The standard InChI is InChI=1S/C22H20N6OS2/c29-31(14-2-1-3-14)22-20-19-15(18-5-7-25-28(18)27-20)9-17(26-21(19)30-22)13-8-12-10-23-6-4-16(12)24-11-13/h5,7-9,11,14,23,27H,1-4,6,10H2. The molecule has 7 rings (SSSR count). The monoisotopic (exact) mass is 448 g/mol. The topological polar surface area (TPSA) is 94.0 Å². The Morgan fingerprint density at radius 3 is 3.06 bits per heavy atom. The van der Waals surface area contributed by atoms with Gasteiger partial charge in [0.25, 0.3) is 0 Å². The molecule has 1 aliphatic heterocycles. The molecule has 0 spiro atoms. The molecule has 31 heavy (non-hydrogen) atoms. The number of fused-ring (bicyclic) bond motifs is 3. The molecule has 2 aliphatic rings. The van der Waals surface area contributed by atoms with Crippen LogP contribution in [0.2, 0.25) is 0 Å². The molecule has 156 valence electrons. The number of aromatic amines is 1. The van der Waals surface area contributed by atoms with Crippen LogP contribution >= 0.6 is 11.3 Å². The summed E-state index contributed by atoms with van der Waals surface area (Å²) in [5, 5.41) is 13.6. The minimum absolute atomic E-state index is 0.255. The summed E-state index contributed by atoms with van der Waals surface area (Å²) in [5.74, 6) is 0. The van der Waals surface area contributed by atoms with Gasteiger partial charge in [0.1, 0.15) is 15.6 Å². The maximum absolute atomic E-state index is 13.3. The summed E-state index contributed by atoms with van der Waals surface area (Å²) in [7, 11) is 0. The van der Waals surface area contributed by atoms with E-state index < -0.39 is 11.2 Å². The quantitative estimate of drug-likeness (QED) is 0.410. The molecule has 2 N–H and O–H groups in total. The van der Waals surface area contributed by atoms with E-state index in [1.807, 2.05) is 12.3 Å². The minimum atomic E-state index is -1.02. The van der Waals surface area contributed by atoms with E-state index in [1.165, 1.54) is 17.7 Å². The SMILES string of the molecule is [O-][S+](c1sc2nc(-c3cnc4c(c3)CNCC4)cc3c2c1[nH]n1nccc31)C1CCC1. The van der Waals surface area contributed by atoms with Crippen molar-refractivity contribution in [3.63, 3.8) is 0 Å². The molecule has 0 saturated heterocycles. The van der Waals surface area contributed by atoms with Gasteiger partial charge in [0.05, 0.1) is 22.8 Å². The first-order valence-corrected chi connectivity index (χ1v) is 12.7. The Hall–Kier alpha value is -2.46. The van der Waals surface area contributed by atoms with Crippen molar-refractivity contribution >= 4 is 49.1 Å². The van der Waals surface area contributed by atoms with Gasteiger partial charge < -0.3 is 9.87 Å². The van der Waals surface area contributed by atoms with E-state index in [1.54, 1.807) is 22.2 Å². The van der Waals surface area contributed by atoms with Crippen LogP contribution < -0.4 is 5.32 Å². The second-order valence-corrected chi connectivity index (χ2v) is 11.3. The molecule has 0 amide bonds. The van der Waals surface area contributed by atoms with Gasteiger partial charge in [-0.25, -0.2) is 4.98 Å². The number of aromatic nitrogens is 5. The Balaban J connectivity index is 1.48. The van der Waals surface area contributed by atoms with Crippen molar-refractivity contribution in [2.45, 2.75) is 41.7 Å². The average Bonchev–Trinajstić information content (AvgIpc) is 3.38. The second kappa shape index (κ2) is 6.77. The molecule has 5 aromatic rings. The van der Waals surface area contributed by atoms with E-state index in [0.717, 1.165) is 74.5 Å². The van der Waals surface area contributed by atoms with Crippen molar-refractivity contribution in [1.29, 1.82) is 0 Å². The molecule has 1 saturated carbocycles. The van der Waals surface area contributed by atoms with Gasteiger partial charge in [-0.05, 0) is 43.0 Å². The predicted octanol–water partition coefficient (Wildman–Crippen LogP) is 3.79. The molecule has 7 nitrogen and oxygen atoms in total. The zero-order valence-electron chi connectivity index (χ0n) is 16.7. The third-order valence-corrected chi connectivity index (χ3v) is 9.78. The van der Waals surface area contributed by atoms with Gasteiger partial charge in [-0.2, -0.15) is 9.73 Å². The van der Waals surface area contributed by atoms with Crippen LogP contribution in [0, 0.1) is 0 Å². The fourth-order valence-electron chi connectivity index (χ4n) is 4.60. The van der Waals surface area contributed by atoms with Gasteiger partial charge in [0.2, 0.25) is 4.21 Å². The number of pyridine rings is 2. The Kier molecular flexibility index (Phi) is 3.96. The van der Waals surface area contributed by atoms with Crippen molar-refractivity contribution in [2.75, 3.05) is 6.54 Å². The molecule has 6 heterocycles. The highest BCUT2D eigenvalue weighted by atomic mass is 32.2. The number of hydrogen-bond acceptors (Lipinski definition) is 6. The zero-order valence-corrected chi connectivity index (χ0v) is 18.4. The van der Waals surface area contributed by atoms with E-state index in [2.05, 4.69) is 27.6 Å². The first-order chi connectivity index (χ1) is 15.3. The van der Waals surface area contributed by atoms with Gasteiger partial charge in [-0.15, -0.1) is 0 Å². The van der Waals surface area contributed by atoms with Gasteiger partial charge in [0.15, 0.2) is 0 Å². The smallest absolute Gasteiger partial charge is 0.234 e. The van der Waals surface area contributed by atoms with Crippen LogP contribution in [0.3, 0.4) is 0 Å². The Morgan fingerprint density at radius 1 is 1.26 bits per heavy atom. The molecular weight excluding hydrogens is 428 g/mol. The summed E-state index contributed by atoms with van der Waals surface area (Å²) in [6, 6.07) is 6.34. The van der Waals surface area contributed by atoms with Crippen molar-refractivity contribution < 1.29 is 4.55 Å². The third-order valence-electron chi connectivity index (χ3n) is 6.51. The van der Waals surface area contributed by atoms with E-state index in [9.17, 15) is 4.55 Å². The van der Waals surface area contributed by atoms with E-state index in [-0.39, 0.29) is 5.25 Å². The van der Waals surface area contributed by atoms with E-state index >= 15 is 0 Å². The zero-order chi connectivity index (χ0) is 20.5. The molecule has 1 aliphatic carbocycles. The molecular formula is C22H20N6OS2. The number of H-pyrrole nitrogens is 1. The second-order valence-electron chi connectivity index (χ2n) is 8.35. The molecule has 1 fully saturated rings. The highest BCUT2D eigenvalue weighted by Gasteiger charge is 2.35. The molecule has 1 atom stereocenters. The fourth-order valence-corrected chi connectivity index (χ4v) is 7.87. The number of rotatable bonds is 3.